The summed E-state index contributed by atoms with van der Waals surface area (Å²) >= 11 is 1.68. The molecule has 0 unspecified atom stereocenters. The van der Waals surface area contributed by atoms with Gasteiger partial charge in [-0.25, -0.2) is 4.98 Å². The fourth-order valence-corrected chi connectivity index (χ4v) is 4.13. The second-order valence-corrected chi connectivity index (χ2v) is 7.55. The quantitative estimate of drug-likeness (QED) is 0.783. The minimum Gasteiger partial charge on any atom is -0.351 e. The van der Waals surface area contributed by atoms with Crippen LogP contribution in [0.3, 0.4) is 0 Å². The Kier molecular flexibility index (Phi) is 4.44. The van der Waals surface area contributed by atoms with Crippen LogP contribution in [-0.4, -0.2) is 28.5 Å². The summed E-state index contributed by atoms with van der Waals surface area (Å²) in [6.07, 6.45) is 1.75. The normalized spacial score (nSPS) is 15.6. The number of carbonyl (C=O) groups is 1. The van der Waals surface area contributed by atoms with Crippen molar-refractivity contribution in [3.8, 4) is 0 Å². The van der Waals surface area contributed by atoms with Crippen molar-refractivity contribution < 1.29 is 4.79 Å². The molecule has 1 N–H and O–H groups in total. The molecule has 0 aliphatic carbocycles. The number of aromatic nitrogens is 2. The maximum absolute atomic E-state index is 12.4. The van der Waals surface area contributed by atoms with E-state index in [1.54, 1.807) is 11.3 Å². The van der Waals surface area contributed by atoms with E-state index < -0.39 is 0 Å². The van der Waals surface area contributed by atoms with E-state index in [0.717, 1.165) is 42.9 Å². The Morgan fingerprint density at radius 3 is 2.76 bits per heavy atom. The molecular weight excluding hydrogens is 332 g/mol. The number of nitrogens with zero attached hydrogens (tertiary/aromatic N) is 3. The van der Waals surface area contributed by atoms with Gasteiger partial charge in [-0.3, -0.25) is 4.79 Å². The summed E-state index contributed by atoms with van der Waals surface area (Å²) in [5.41, 5.74) is 2.17. The fraction of sp³-hybridized carbons (Fsp3) is 0.368. The molecule has 6 heteroatoms. The van der Waals surface area contributed by atoms with Crippen LogP contribution in [-0.2, 0) is 18.4 Å². The molecule has 1 aliphatic heterocycles. The van der Waals surface area contributed by atoms with Crippen LogP contribution >= 0.6 is 11.3 Å². The van der Waals surface area contributed by atoms with Gasteiger partial charge >= 0.3 is 0 Å². The molecule has 4 rings (SSSR count). The zero-order chi connectivity index (χ0) is 17.2. The van der Waals surface area contributed by atoms with Gasteiger partial charge in [0.1, 0.15) is 0 Å². The first kappa shape index (κ1) is 16.1. The van der Waals surface area contributed by atoms with E-state index >= 15 is 0 Å². The zero-order valence-electron chi connectivity index (χ0n) is 14.3. The topological polar surface area (TPSA) is 50.2 Å². The number of rotatable bonds is 4. The highest BCUT2D eigenvalue weighted by atomic mass is 32.1. The molecule has 0 saturated carbocycles. The molecule has 1 fully saturated rings. The van der Waals surface area contributed by atoms with Crippen LogP contribution in [0.25, 0.3) is 11.0 Å². The predicted molar refractivity (Wildman–Crippen MR) is 102 cm³/mol. The molecule has 0 radical (unpaired) electrons. The van der Waals surface area contributed by atoms with Crippen molar-refractivity contribution in [3.63, 3.8) is 0 Å². The lowest BCUT2D eigenvalue weighted by Crippen LogP contribution is -2.41. The molecule has 1 aromatic carbocycles. The van der Waals surface area contributed by atoms with E-state index in [4.69, 9.17) is 4.98 Å². The third-order valence-electron chi connectivity index (χ3n) is 4.93. The molecule has 3 heterocycles. The number of piperidine rings is 1. The second-order valence-electron chi connectivity index (χ2n) is 6.52. The van der Waals surface area contributed by atoms with Gasteiger partial charge in [0.05, 0.1) is 17.6 Å². The molecule has 1 saturated heterocycles. The summed E-state index contributed by atoms with van der Waals surface area (Å²) in [5.74, 6) is 1.28. The van der Waals surface area contributed by atoms with Crippen molar-refractivity contribution in [2.75, 3.05) is 18.0 Å². The largest absolute Gasteiger partial charge is 0.351 e. The SMILES string of the molecule is Cn1c(N2CCC(C(=O)NCc3cccs3)CC2)nc2ccccc21. The van der Waals surface area contributed by atoms with E-state index in [1.165, 1.54) is 4.88 Å². The molecular formula is C19H22N4OS. The Morgan fingerprint density at radius 1 is 1.24 bits per heavy atom. The highest BCUT2D eigenvalue weighted by Gasteiger charge is 2.27. The number of para-hydroxylation sites is 2. The number of thiophene rings is 1. The van der Waals surface area contributed by atoms with Crippen molar-refractivity contribution in [2.45, 2.75) is 19.4 Å². The van der Waals surface area contributed by atoms with E-state index in [9.17, 15) is 4.79 Å². The molecule has 0 bridgehead atoms. The number of nitrogens with one attached hydrogen (secondary N) is 1. The maximum Gasteiger partial charge on any atom is 0.223 e. The third-order valence-corrected chi connectivity index (χ3v) is 5.81. The van der Waals surface area contributed by atoms with Gasteiger partial charge in [0, 0.05) is 30.9 Å². The van der Waals surface area contributed by atoms with Crippen LogP contribution < -0.4 is 10.2 Å². The van der Waals surface area contributed by atoms with Gasteiger partial charge in [0.2, 0.25) is 11.9 Å². The average molecular weight is 354 g/mol. The number of amides is 1. The van der Waals surface area contributed by atoms with Crippen LogP contribution in [0.2, 0.25) is 0 Å². The molecule has 0 spiro atoms. The van der Waals surface area contributed by atoms with Crippen molar-refractivity contribution in [2.24, 2.45) is 13.0 Å². The minimum absolute atomic E-state index is 0.103. The van der Waals surface area contributed by atoms with Gasteiger partial charge in [-0.05, 0) is 36.4 Å². The monoisotopic (exact) mass is 354 g/mol. The molecule has 2 aromatic heterocycles. The number of fused-ring (bicyclic) bond motifs is 1. The Bertz CT molecular complexity index is 863. The van der Waals surface area contributed by atoms with Crippen LogP contribution in [0, 0.1) is 5.92 Å². The summed E-state index contributed by atoms with van der Waals surface area (Å²) in [5, 5.41) is 5.11. The number of imidazole rings is 1. The predicted octanol–water partition coefficient (Wildman–Crippen LogP) is 3.17. The number of anilines is 1. The number of hydrogen-bond acceptors (Lipinski definition) is 4. The first-order valence-electron chi connectivity index (χ1n) is 8.69. The lowest BCUT2D eigenvalue weighted by Gasteiger charge is -2.32. The van der Waals surface area contributed by atoms with Crippen molar-refractivity contribution >= 4 is 34.2 Å². The lowest BCUT2D eigenvalue weighted by molar-refractivity contribution is -0.125. The summed E-state index contributed by atoms with van der Waals surface area (Å²) in [7, 11) is 2.06. The molecule has 130 valence electrons. The number of aryl methyl sites for hydroxylation is 1. The maximum atomic E-state index is 12.4. The highest BCUT2D eigenvalue weighted by molar-refractivity contribution is 7.09. The van der Waals surface area contributed by atoms with Crippen LogP contribution in [0.5, 0.6) is 0 Å². The molecule has 1 aliphatic rings. The molecule has 5 nitrogen and oxygen atoms in total. The van der Waals surface area contributed by atoms with Crippen molar-refractivity contribution in [3.05, 3.63) is 46.7 Å². The number of carbonyl (C=O) groups excluding carboxylic acids is 1. The fourth-order valence-electron chi connectivity index (χ4n) is 3.49. The van der Waals surface area contributed by atoms with Crippen LogP contribution in [0.15, 0.2) is 41.8 Å². The summed E-state index contributed by atoms with van der Waals surface area (Å²) in [6, 6.07) is 12.3. The standard InChI is InChI=1S/C19H22N4OS/c1-22-17-7-3-2-6-16(17)21-19(22)23-10-8-14(9-11-23)18(24)20-13-15-5-4-12-25-15/h2-7,12,14H,8-11,13H2,1H3,(H,20,24). The second kappa shape index (κ2) is 6.88. The Morgan fingerprint density at radius 2 is 2.04 bits per heavy atom. The summed E-state index contributed by atoms with van der Waals surface area (Å²) in [6.45, 7) is 2.38. The van der Waals surface area contributed by atoms with Crippen molar-refractivity contribution in [1.29, 1.82) is 0 Å². The first-order valence-corrected chi connectivity index (χ1v) is 9.57. The molecule has 0 atom stereocenters. The molecule has 25 heavy (non-hydrogen) atoms. The van der Waals surface area contributed by atoms with Crippen LogP contribution in [0.4, 0.5) is 5.95 Å². The van der Waals surface area contributed by atoms with Crippen LogP contribution in [0.1, 0.15) is 17.7 Å². The first-order chi connectivity index (χ1) is 12.2. The Balaban J connectivity index is 1.37. The summed E-state index contributed by atoms with van der Waals surface area (Å²) < 4.78 is 2.15. The van der Waals surface area contributed by atoms with E-state index in [1.807, 2.05) is 29.6 Å². The van der Waals surface area contributed by atoms with Gasteiger partial charge in [0.25, 0.3) is 0 Å². The van der Waals surface area contributed by atoms with Gasteiger partial charge in [-0.1, -0.05) is 18.2 Å². The highest BCUT2D eigenvalue weighted by Crippen LogP contribution is 2.26. The third kappa shape index (κ3) is 3.26. The minimum atomic E-state index is 0.103. The number of benzene rings is 1. The summed E-state index contributed by atoms with van der Waals surface area (Å²) in [4.78, 5) is 20.7. The Labute approximate surface area is 151 Å². The average Bonchev–Trinajstić information content (AvgIpc) is 3.28. The molecule has 3 aromatic rings. The smallest absolute Gasteiger partial charge is 0.223 e. The lowest BCUT2D eigenvalue weighted by atomic mass is 9.96. The van der Waals surface area contributed by atoms with Gasteiger partial charge < -0.3 is 14.8 Å². The zero-order valence-corrected chi connectivity index (χ0v) is 15.1. The van der Waals surface area contributed by atoms with Gasteiger partial charge in [-0.2, -0.15) is 0 Å². The van der Waals surface area contributed by atoms with Crippen molar-refractivity contribution in [1.82, 2.24) is 14.9 Å². The van der Waals surface area contributed by atoms with Gasteiger partial charge in [0.15, 0.2) is 0 Å². The van der Waals surface area contributed by atoms with Gasteiger partial charge in [-0.15, -0.1) is 11.3 Å². The number of hydrogen-bond donors (Lipinski definition) is 1. The molecule has 1 amide bonds. The van der Waals surface area contributed by atoms with E-state index in [-0.39, 0.29) is 11.8 Å². The van der Waals surface area contributed by atoms with E-state index in [2.05, 4.69) is 34.0 Å². The Hall–Kier alpha value is -2.34. The van der Waals surface area contributed by atoms with E-state index in [0.29, 0.717) is 6.54 Å².